The van der Waals surface area contributed by atoms with Gasteiger partial charge in [-0.2, -0.15) is 13.2 Å². The van der Waals surface area contributed by atoms with Crippen molar-refractivity contribution in [1.29, 1.82) is 0 Å². The van der Waals surface area contributed by atoms with Gasteiger partial charge in [-0.05, 0) is 6.07 Å². The minimum absolute atomic E-state index is 0.113. The summed E-state index contributed by atoms with van der Waals surface area (Å²) in [5.74, 6) is -0.113. The van der Waals surface area contributed by atoms with Crippen LogP contribution in [0.15, 0.2) is 12.3 Å². The van der Waals surface area contributed by atoms with E-state index in [-0.39, 0.29) is 11.2 Å². The zero-order valence-corrected chi connectivity index (χ0v) is 7.62. The quantitative estimate of drug-likeness (QED) is 0.678. The van der Waals surface area contributed by atoms with E-state index in [9.17, 15) is 13.2 Å². The molecule has 0 aliphatic rings. The summed E-state index contributed by atoms with van der Waals surface area (Å²) in [7, 11) is -0.847. The van der Waals surface area contributed by atoms with Gasteiger partial charge in [-0.25, -0.2) is 4.98 Å². The average molecular weight is 221 g/mol. The SMILES string of the molecule is COc1cnc(C(F)(F)F)cc1B(O)O. The van der Waals surface area contributed by atoms with Crippen molar-refractivity contribution in [1.82, 2.24) is 4.98 Å². The fourth-order valence-corrected chi connectivity index (χ4v) is 0.986. The Bertz CT molecular complexity index is 356. The highest BCUT2D eigenvalue weighted by Crippen LogP contribution is 2.27. The fraction of sp³-hybridized carbons (Fsp3) is 0.286. The van der Waals surface area contributed by atoms with Gasteiger partial charge in [-0.1, -0.05) is 0 Å². The van der Waals surface area contributed by atoms with Crippen molar-refractivity contribution in [2.45, 2.75) is 6.18 Å². The predicted molar refractivity (Wildman–Crippen MR) is 45.6 cm³/mol. The summed E-state index contributed by atoms with van der Waals surface area (Å²) in [6, 6.07) is 0.531. The number of aromatic nitrogens is 1. The Kier molecular flexibility index (Phi) is 3.20. The molecule has 15 heavy (non-hydrogen) atoms. The second kappa shape index (κ2) is 4.07. The molecule has 0 aliphatic heterocycles. The lowest BCUT2D eigenvalue weighted by Crippen LogP contribution is -2.32. The molecule has 8 heteroatoms. The van der Waals surface area contributed by atoms with Crippen LogP contribution in [0.5, 0.6) is 5.75 Å². The number of hydrogen-bond acceptors (Lipinski definition) is 4. The second-order valence-electron chi connectivity index (χ2n) is 2.68. The molecule has 0 amide bonds. The van der Waals surface area contributed by atoms with Gasteiger partial charge in [0.1, 0.15) is 11.4 Å². The lowest BCUT2D eigenvalue weighted by molar-refractivity contribution is -0.141. The van der Waals surface area contributed by atoms with Crippen LogP contribution in [-0.4, -0.2) is 29.3 Å². The summed E-state index contributed by atoms with van der Waals surface area (Å²) in [4.78, 5) is 3.09. The normalized spacial score (nSPS) is 11.3. The maximum absolute atomic E-state index is 12.2. The molecule has 0 saturated heterocycles. The fourth-order valence-electron chi connectivity index (χ4n) is 0.986. The molecule has 0 atom stereocenters. The van der Waals surface area contributed by atoms with Crippen molar-refractivity contribution in [3.05, 3.63) is 18.0 Å². The number of ether oxygens (including phenoxy) is 1. The maximum atomic E-state index is 12.2. The van der Waals surface area contributed by atoms with Crippen molar-refractivity contribution in [3.8, 4) is 5.75 Å². The largest absolute Gasteiger partial charge is 0.496 e. The monoisotopic (exact) mass is 221 g/mol. The minimum Gasteiger partial charge on any atom is -0.496 e. The molecule has 0 unspecified atom stereocenters. The highest BCUT2D eigenvalue weighted by atomic mass is 19.4. The first-order valence-electron chi connectivity index (χ1n) is 3.83. The zero-order chi connectivity index (χ0) is 11.6. The van der Waals surface area contributed by atoms with Gasteiger partial charge < -0.3 is 14.8 Å². The second-order valence-corrected chi connectivity index (χ2v) is 2.68. The molecular weight excluding hydrogens is 214 g/mol. The zero-order valence-electron chi connectivity index (χ0n) is 7.62. The van der Waals surface area contributed by atoms with Crippen LogP contribution < -0.4 is 10.2 Å². The van der Waals surface area contributed by atoms with Crippen molar-refractivity contribution < 1.29 is 28.0 Å². The molecule has 0 radical (unpaired) electrons. The maximum Gasteiger partial charge on any atom is 0.492 e. The van der Waals surface area contributed by atoms with Gasteiger partial charge in [-0.3, -0.25) is 0 Å². The van der Waals surface area contributed by atoms with Gasteiger partial charge >= 0.3 is 13.3 Å². The molecule has 0 bridgehead atoms. The number of halogens is 3. The van der Waals surface area contributed by atoms with Crippen LogP contribution in [0.1, 0.15) is 5.69 Å². The molecule has 1 rings (SSSR count). The number of alkyl halides is 3. The Balaban J connectivity index is 3.22. The summed E-state index contributed by atoms with van der Waals surface area (Å²) in [5, 5.41) is 17.6. The van der Waals surface area contributed by atoms with Gasteiger partial charge in [0.25, 0.3) is 0 Å². The first-order valence-corrected chi connectivity index (χ1v) is 3.83. The third-order valence-electron chi connectivity index (χ3n) is 1.69. The standard InChI is InChI=1S/C7H7BF3NO3/c1-15-5-3-12-6(7(9,10)11)2-4(5)8(13)14/h2-3,13-14H,1H3. The molecule has 2 N–H and O–H groups in total. The average Bonchev–Trinajstić information content (AvgIpc) is 2.15. The lowest BCUT2D eigenvalue weighted by Gasteiger charge is -2.10. The topological polar surface area (TPSA) is 62.6 Å². The Labute approximate surface area is 83.5 Å². The summed E-state index contributed by atoms with van der Waals surface area (Å²) >= 11 is 0. The summed E-state index contributed by atoms with van der Waals surface area (Å²) in [6.07, 6.45) is -3.84. The molecule has 0 aromatic carbocycles. The van der Waals surface area contributed by atoms with Crippen LogP contribution in [0.2, 0.25) is 0 Å². The van der Waals surface area contributed by atoms with E-state index < -0.39 is 19.0 Å². The Hall–Kier alpha value is -1.28. The molecule has 4 nitrogen and oxygen atoms in total. The van der Waals surface area contributed by atoms with Crippen LogP contribution in [-0.2, 0) is 6.18 Å². The van der Waals surface area contributed by atoms with Crippen molar-refractivity contribution in [2.24, 2.45) is 0 Å². The smallest absolute Gasteiger partial charge is 0.492 e. The number of pyridine rings is 1. The summed E-state index contributed by atoms with van der Waals surface area (Å²) in [5.41, 5.74) is -1.58. The minimum atomic E-state index is -4.63. The molecule has 1 aromatic rings. The van der Waals surface area contributed by atoms with Gasteiger partial charge in [-0.15, -0.1) is 0 Å². The van der Waals surface area contributed by atoms with E-state index in [0.717, 1.165) is 6.20 Å². The van der Waals surface area contributed by atoms with Crippen LogP contribution in [0.4, 0.5) is 13.2 Å². The van der Waals surface area contributed by atoms with Crippen LogP contribution >= 0.6 is 0 Å². The van der Waals surface area contributed by atoms with Crippen molar-refractivity contribution in [3.63, 3.8) is 0 Å². The molecule has 0 aliphatic carbocycles. The Morgan fingerprint density at radius 1 is 1.40 bits per heavy atom. The predicted octanol–water partition coefficient (Wildman–Crippen LogP) is -0.211. The summed E-state index contributed by atoms with van der Waals surface area (Å²) < 4.78 is 41.2. The molecule has 82 valence electrons. The van der Waals surface area contributed by atoms with Gasteiger partial charge in [0.15, 0.2) is 0 Å². The molecule has 1 aromatic heterocycles. The van der Waals surface area contributed by atoms with E-state index in [2.05, 4.69) is 9.72 Å². The number of hydrogen-bond donors (Lipinski definition) is 2. The number of methoxy groups -OCH3 is 1. The van der Waals surface area contributed by atoms with E-state index in [4.69, 9.17) is 10.0 Å². The first-order chi connectivity index (χ1) is 6.86. The van der Waals surface area contributed by atoms with E-state index in [1.54, 1.807) is 0 Å². The molecule has 0 spiro atoms. The first kappa shape index (κ1) is 11.8. The molecular formula is C7H7BF3NO3. The van der Waals surface area contributed by atoms with Crippen LogP contribution in [0.3, 0.4) is 0 Å². The van der Waals surface area contributed by atoms with E-state index in [1.165, 1.54) is 7.11 Å². The highest BCUT2D eigenvalue weighted by Gasteiger charge is 2.34. The van der Waals surface area contributed by atoms with Crippen molar-refractivity contribution >= 4 is 12.6 Å². The molecule has 0 fully saturated rings. The van der Waals surface area contributed by atoms with Gasteiger partial charge in [0.05, 0.1) is 13.3 Å². The molecule has 1 heterocycles. The number of nitrogens with zero attached hydrogens (tertiary/aromatic N) is 1. The Morgan fingerprint density at radius 3 is 2.40 bits per heavy atom. The van der Waals surface area contributed by atoms with Crippen LogP contribution in [0, 0.1) is 0 Å². The van der Waals surface area contributed by atoms with E-state index >= 15 is 0 Å². The van der Waals surface area contributed by atoms with Crippen molar-refractivity contribution in [2.75, 3.05) is 7.11 Å². The molecule has 0 saturated carbocycles. The van der Waals surface area contributed by atoms with Crippen LogP contribution in [0.25, 0.3) is 0 Å². The summed E-state index contributed by atoms with van der Waals surface area (Å²) in [6.45, 7) is 0. The number of rotatable bonds is 2. The van der Waals surface area contributed by atoms with Gasteiger partial charge in [0, 0.05) is 5.46 Å². The van der Waals surface area contributed by atoms with Gasteiger partial charge in [0.2, 0.25) is 0 Å². The lowest BCUT2D eigenvalue weighted by atomic mass is 9.80. The third-order valence-corrected chi connectivity index (χ3v) is 1.69. The Morgan fingerprint density at radius 2 is 2.00 bits per heavy atom. The highest BCUT2D eigenvalue weighted by molar-refractivity contribution is 6.59. The van der Waals surface area contributed by atoms with E-state index in [0.29, 0.717) is 6.07 Å². The third kappa shape index (κ3) is 2.60. The van der Waals surface area contributed by atoms with E-state index in [1.807, 2.05) is 0 Å².